The van der Waals surface area contributed by atoms with Crippen LogP contribution >= 0.6 is 0 Å². The summed E-state index contributed by atoms with van der Waals surface area (Å²) in [5.74, 6) is 2.76. The highest BCUT2D eigenvalue weighted by molar-refractivity contribution is 5.78. The van der Waals surface area contributed by atoms with E-state index >= 15 is 0 Å². The third-order valence-corrected chi connectivity index (χ3v) is 5.24. The zero-order valence-corrected chi connectivity index (χ0v) is 15.9. The van der Waals surface area contributed by atoms with Crippen molar-refractivity contribution < 1.29 is 13.6 Å². The number of anilines is 1. The van der Waals surface area contributed by atoms with Crippen LogP contribution < -0.4 is 4.90 Å². The first-order valence-electron chi connectivity index (χ1n) is 9.86. The van der Waals surface area contributed by atoms with Gasteiger partial charge in [-0.2, -0.15) is 0 Å². The average molecular weight is 358 g/mol. The molecule has 0 atom stereocenters. The van der Waals surface area contributed by atoms with Crippen molar-refractivity contribution in [3.05, 3.63) is 42.0 Å². The molecule has 5 nitrogen and oxygen atoms in total. The minimum Gasteiger partial charge on any atom is -0.467 e. The molecule has 1 aliphatic rings. The van der Waals surface area contributed by atoms with Crippen LogP contribution in [0.25, 0.3) is 0 Å². The lowest BCUT2D eigenvalue weighted by atomic mass is 10.0. The molecule has 3 heterocycles. The molecule has 2 aromatic heterocycles. The first kappa shape index (κ1) is 18.6. The summed E-state index contributed by atoms with van der Waals surface area (Å²) in [6, 6.07) is 7.80. The monoisotopic (exact) mass is 358 g/mol. The fourth-order valence-electron chi connectivity index (χ4n) is 3.62. The Morgan fingerprint density at radius 1 is 1.08 bits per heavy atom. The van der Waals surface area contributed by atoms with Crippen molar-refractivity contribution in [2.75, 3.05) is 18.0 Å². The Balaban J connectivity index is 1.72. The average Bonchev–Trinajstić information content (AvgIpc) is 3.35. The smallest absolute Gasteiger partial charge is 0.226 e. The molecule has 2 aromatic rings. The summed E-state index contributed by atoms with van der Waals surface area (Å²) < 4.78 is 11.5. The maximum atomic E-state index is 13.0. The molecule has 0 saturated carbocycles. The minimum atomic E-state index is 0.0430. The lowest BCUT2D eigenvalue weighted by molar-refractivity contribution is -0.137. The lowest BCUT2D eigenvalue weighted by Crippen LogP contribution is -2.34. The second-order valence-corrected chi connectivity index (χ2v) is 7.07. The fourth-order valence-corrected chi connectivity index (χ4v) is 3.62. The van der Waals surface area contributed by atoms with Gasteiger partial charge in [0, 0.05) is 25.1 Å². The van der Waals surface area contributed by atoms with E-state index in [1.54, 1.807) is 6.26 Å². The fraction of sp³-hybridized carbons (Fsp3) is 0.571. The van der Waals surface area contributed by atoms with Crippen molar-refractivity contribution in [3.63, 3.8) is 0 Å². The summed E-state index contributed by atoms with van der Waals surface area (Å²) in [5, 5.41) is 0. The minimum absolute atomic E-state index is 0.0430. The molecule has 3 rings (SSSR count). The van der Waals surface area contributed by atoms with Gasteiger partial charge in [0.2, 0.25) is 5.91 Å². The highest BCUT2D eigenvalue weighted by Gasteiger charge is 2.24. The van der Waals surface area contributed by atoms with Gasteiger partial charge in [0.05, 0.1) is 19.4 Å². The number of amides is 1. The number of furan rings is 2. The summed E-state index contributed by atoms with van der Waals surface area (Å²) in [6.45, 7) is 7.19. The van der Waals surface area contributed by atoms with Crippen molar-refractivity contribution >= 4 is 11.8 Å². The molecule has 0 N–H and O–H groups in total. The Labute approximate surface area is 155 Å². The van der Waals surface area contributed by atoms with Crippen LogP contribution in [0.5, 0.6) is 0 Å². The van der Waals surface area contributed by atoms with Crippen LogP contribution in [0.15, 0.2) is 39.4 Å². The molecule has 0 unspecified atom stereocenters. The van der Waals surface area contributed by atoms with Crippen LogP contribution in [0.2, 0.25) is 0 Å². The maximum Gasteiger partial charge on any atom is 0.226 e. The number of carbonyl (C=O) groups is 1. The molecule has 0 aromatic carbocycles. The summed E-state index contributed by atoms with van der Waals surface area (Å²) in [7, 11) is 0. The SMILES string of the molecule is CCC(CC)C(=O)N(Cc1ccco1)Cc1ccc(N2CCCCC2)o1. The molecule has 1 fully saturated rings. The molecule has 26 heavy (non-hydrogen) atoms. The van der Waals surface area contributed by atoms with Crippen LogP contribution in [-0.2, 0) is 17.9 Å². The zero-order chi connectivity index (χ0) is 18.4. The van der Waals surface area contributed by atoms with E-state index in [9.17, 15) is 4.79 Å². The van der Waals surface area contributed by atoms with E-state index in [4.69, 9.17) is 8.83 Å². The Bertz CT molecular complexity index is 667. The third-order valence-electron chi connectivity index (χ3n) is 5.24. The maximum absolute atomic E-state index is 13.0. The van der Waals surface area contributed by atoms with E-state index in [0.717, 1.165) is 43.3 Å². The topological polar surface area (TPSA) is 49.8 Å². The molecule has 5 heteroatoms. The van der Waals surface area contributed by atoms with Gasteiger partial charge in [-0.05, 0) is 50.3 Å². The first-order valence-corrected chi connectivity index (χ1v) is 9.86. The van der Waals surface area contributed by atoms with Gasteiger partial charge in [-0.1, -0.05) is 13.8 Å². The van der Waals surface area contributed by atoms with Gasteiger partial charge in [0.25, 0.3) is 0 Å². The van der Waals surface area contributed by atoms with Crippen LogP contribution in [0.1, 0.15) is 57.5 Å². The second-order valence-electron chi connectivity index (χ2n) is 7.07. The highest BCUT2D eigenvalue weighted by atomic mass is 16.4. The van der Waals surface area contributed by atoms with Crippen LogP contribution in [-0.4, -0.2) is 23.9 Å². The van der Waals surface area contributed by atoms with Crippen LogP contribution in [0.4, 0.5) is 5.88 Å². The highest BCUT2D eigenvalue weighted by Crippen LogP contribution is 2.25. The molecule has 0 spiro atoms. The molecular formula is C21H30N2O3. The van der Waals surface area contributed by atoms with Crippen molar-refractivity contribution in [3.8, 4) is 0 Å². The predicted molar refractivity (Wildman–Crippen MR) is 102 cm³/mol. The summed E-state index contributed by atoms with van der Waals surface area (Å²) >= 11 is 0. The summed E-state index contributed by atoms with van der Waals surface area (Å²) in [4.78, 5) is 17.1. The van der Waals surface area contributed by atoms with Crippen LogP contribution in [0, 0.1) is 5.92 Å². The van der Waals surface area contributed by atoms with Gasteiger partial charge < -0.3 is 18.6 Å². The Morgan fingerprint density at radius 3 is 2.46 bits per heavy atom. The normalized spacial score (nSPS) is 14.8. The van der Waals surface area contributed by atoms with E-state index in [0.29, 0.717) is 13.1 Å². The van der Waals surface area contributed by atoms with Crippen molar-refractivity contribution in [1.82, 2.24) is 4.90 Å². The van der Waals surface area contributed by atoms with Crippen molar-refractivity contribution in [2.24, 2.45) is 5.92 Å². The molecule has 1 saturated heterocycles. The number of hydrogen-bond donors (Lipinski definition) is 0. The van der Waals surface area contributed by atoms with Gasteiger partial charge in [-0.3, -0.25) is 4.79 Å². The summed E-state index contributed by atoms with van der Waals surface area (Å²) in [5.41, 5.74) is 0. The van der Waals surface area contributed by atoms with Gasteiger partial charge in [0.15, 0.2) is 5.88 Å². The number of piperidine rings is 1. The zero-order valence-electron chi connectivity index (χ0n) is 15.9. The van der Waals surface area contributed by atoms with Gasteiger partial charge in [-0.15, -0.1) is 0 Å². The van der Waals surface area contributed by atoms with Crippen molar-refractivity contribution in [2.45, 2.75) is 59.0 Å². The Kier molecular flexibility index (Phi) is 6.42. The quantitative estimate of drug-likeness (QED) is 0.678. The van der Waals surface area contributed by atoms with Crippen molar-refractivity contribution in [1.29, 1.82) is 0 Å². The lowest BCUT2D eigenvalue weighted by Gasteiger charge is -2.26. The molecule has 1 amide bonds. The standard InChI is InChI=1S/C21H30N2O3/c1-3-17(4-2)21(24)23(15-18-9-8-14-25-18)16-19-10-11-20(26-19)22-12-6-5-7-13-22/h8-11,14,17H,3-7,12-13,15-16H2,1-2H3. The number of rotatable bonds is 8. The molecule has 1 aliphatic heterocycles. The van der Waals surface area contributed by atoms with E-state index < -0.39 is 0 Å². The van der Waals surface area contributed by atoms with E-state index in [1.807, 2.05) is 29.2 Å². The van der Waals surface area contributed by atoms with E-state index in [1.165, 1.54) is 19.3 Å². The largest absolute Gasteiger partial charge is 0.467 e. The molecule has 0 bridgehead atoms. The third kappa shape index (κ3) is 4.51. The van der Waals surface area contributed by atoms with Gasteiger partial charge in [-0.25, -0.2) is 0 Å². The van der Waals surface area contributed by atoms with Gasteiger partial charge in [0.1, 0.15) is 11.5 Å². The molecule has 0 aliphatic carbocycles. The first-order chi connectivity index (χ1) is 12.7. The molecular weight excluding hydrogens is 328 g/mol. The van der Waals surface area contributed by atoms with E-state index in [-0.39, 0.29) is 11.8 Å². The Morgan fingerprint density at radius 2 is 1.81 bits per heavy atom. The summed E-state index contributed by atoms with van der Waals surface area (Å²) in [6.07, 6.45) is 7.07. The molecule has 0 radical (unpaired) electrons. The predicted octanol–water partition coefficient (Wildman–Crippen LogP) is 4.83. The number of hydrogen-bond acceptors (Lipinski definition) is 4. The number of nitrogens with zero attached hydrogens (tertiary/aromatic N) is 2. The second kappa shape index (κ2) is 8.97. The van der Waals surface area contributed by atoms with Gasteiger partial charge >= 0.3 is 0 Å². The van der Waals surface area contributed by atoms with Crippen LogP contribution in [0.3, 0.4) is 0 Å². The van der Waals surface area contributed by atoms with E-state index in [2.05, 4.69) is 18.7 Å². The molecule has 142 valence electrons. The number of carbonyl (C=O) groups excluding carboxylic acids is 1. The Hall–Kier alpha value is -2.17.